The summed E-state index contributed by atoms with van der Waals surface area (Å²) in [6.45, 7) is 4.48. The highest BCUT2D eigenvalue weighted by Crippen LogP contribution is 2.25. The molecule has 222 valence electrons. The largest absolute Gasteiger partial charge is 0.423 e. The van der Waals surface area contributed by atoms with Crippen molar-refractivity contribution in [1.29, 1.82) is 0 Å². The van der Waals surface area contributed by atoms with Gasteiger partial charge in [0.25, 0.3) is 0 Å². The third-order valence-corrected chi connectivity index (χ3v) is 7.67. The number of rotatable bonds is 20. The number of ether oxygens (including phenoxy) is 1. The Morgan fingerprint density at radius 3 is 1.71 bits per heavy atom. The van der Waals surface area contributed by atoms with E-state index in [1.54, 1.807) is 36.7 Å². The average Bonchev–Trinajstić information content (AvgIpc) is 2.99. The maximum Gasteiger partial charge on any atom is 0.343 e. The molecule has 3 rings (SSSR count). The summed E-state index contributed by atoms with van der Waals surface area (Å²) in [6, 6.07) is 11.9. The van der Waals surface area contributed by atoms with Gasteiger partial charge in [-0.3, -0.25) is 0 Å². The van der Waals surface area contributed by atoms with Crippen LogP contribution in [0.25, 0.3) is 11.4 Å². The van der Waals surface area contributed by atoms with Crippen LogP contribution >= 0.6 is 0 Å². The fraction of sp³-hybridized carbons (Fsp3) is 0.528. The first-order valence-corrected chi connectivity index (χ1v) is 16.0. The Kier molecular flexibility index (Phi) is 15.1. The van der Waals surface area contributed by atoms with E-state index in [1.165, 1.54) is 95.1 Å². The van der Waals surface area contributed by atoms with E-state index in [1.807, 2.05) is 12.1 Å². The molecule has 0 saturated carbocycles. The molecule has 0 fully saturated rings. The fourth-order valence-corrected chi connectivity index (χ4v) is 5.09. The van der Waals surface area contributed by atoms with Crippen molar-refractivity contribution in [2.24, 2.45) is 0 Å². The van der Waals surface area contributed by atoms with Gasteiger partial charge in [0.1, 0.15) is 11.6 Å². The Morgan fingerprint density at radius 2 is 1.17 bits per heavy atom. The minimum atomic E-state index is -0.517. The molecule has 0 bridgehead atoms. The molecule has 1 heterocycles. The van der Waals surface area contributed by atoms with Crippen molar-refractivity contribution in [2.45, 2.75) is 123 Å². The van der Waals surface area contributed by atoms with Gasteiger partial charge in [-0.25, -0.2) is 19.2 Å². The van der Waals surface area contributed by atoms with Crippen LogP contribution in [0.1, 0.15) is 132 Å². The molecule has 4 nitrogen and oxygen atoms in total. The molecule has 5 heteroatoms. The Bertz CT molecular complexity index is 1150. The van der Waals surface area contributed by atoms with Crippen LogP contribution in [-0.4, -0.2) is 15.9 Å². The Morgan fingerprint density at radius 1 is 0.659 bits per heavy atom. The predicted molar refractivity (Wildman–Crippen MR) is 167 cm³/mol. The van der Waals surface area contributed by atoms with Gasteiger partial charge in [-0.15, -0.1) is 0 Å². The number of carbonyl (C=O) groups excluding carboxylic acids is 1. The molecule has 0 atom stereocenters. The van der Waals surface area contributed by atoms with E-state index < -0.39 is 11.8 Å². The van der Waals surface area contributed by atoms with Crippen molar-refractivity contribution < 1.29 is 13.9 Å². The molecule has 0 aliphatic carbocycles. The zero-order chi connectivity index (χ0) is 29.1. The first-order chi connectivity index (χ1) is 20.1. The molecule has 0 aliphatic heterocycles. The summed E-state index contributed by atoms with van der Waals surface area (Å²) in [7, 11) is 0. The van der Waals surface area contributed by atoms with Crippen molar-refractivity contribution in [3.63, 3.8) is 0 Å². The van der Waals surface area contributed by atoms with Crippen LogP contribution in [-0.2, 0) is 12.8 Å². The first-order valence-electron chi connectivity index (χ1n) is 16.0. The summed E-state index contributed by atoms with van der Waals surface area (Å²) in [5.74, 6) is -0.524. The maximum absolute atomic E-state index is 14.9. The van der Waals surface area contributed by atoms with Gasteiger partial charge in [-0.1, -0.05) is 109 Å². The molecule has 1 aromatic heterocycles. The van der Waals surface area contributed by atoms with Crippen LogP contribution in [0.5, 0.6) is 5.75 Å². The van der Waals surface area contributed by atoms with Gasteiger partial charge in [0.15, 0.2) is 5.82 Å². The van der Waals surface area contributed by atoms with E-state index in [4.69, 9.17) is 4.74 Å². The lowest BCUT2D eigenvalue weighted by molar-refractivity contribution is 0.0734. The standard InChI is InChI=1S/C36H49FN2O2/c1-3-5-7-9-11-13-15-17-19-30-27-38-35(39-28-30)33-25-24-32(26-34(33)37)41-36(40)31-22-20-29(21-23-31)18-16-14-12-10-8-6-4-2/h20-28H,3-19H2,1-2H3. The minimum absolute atomic E-state index is 0.162. The molecule has 0 radical (unpaired) electrons. The lowest BCUT2D eigenvalue weighted by atomic mass is 10.0. The molecule has 0 amide bonds. The second kappa shape index (κ2) is 19.1. The first kappa shape index (κ1) is 32.4. The Hall–Kier alpha value is -3.08. The number of benzene rings is 2. The molecule has 3 aromatic rings. The van der Waals surface area contributed by atoms with Gasteiger partial charge in [0.2, 0.25) is 0 Å². The third-order valence-electron chi connectivity index (χ3n) is 7.67. The molecule has 0 N–H and O–H groups in total. The molecule has 2 aromatic carbocycles. The molecule has 0 saturated heterocycles. The number of hydrogen-bond acceptors (Lipinski definition) is 4. The van der Waals surface area contributed by atoms with E-state index in [0.29, 0.717) is 11.4 Å². The Labute approximate surface area is 247 Å². The molecule has 41 heavy (non-hydrogen) atoms. The topological polar surface area (TPSA) is 52.1 Å². The van der Waals surface area contributed by atoms with Gasteiger partial charge in [0, 0.05) is 18.5 Å². The summed E-state index contributed by atoms with van der Waals surface area (Å²) in [4.78, 5) is 21.4. The van der Waals surface area contributed by atoms with Crippen molar-refractivity contribution in [3.05, 3.63) is 77.4 Å². The van der Waals surface area contributed by atoms with Crippen LogP contribution in [0.15, 0.2) is 54.9 Å². The highest BCUT2D eigenvalue weighted by atomic mass is 19.1. The quantitative estimate of drug-likeness (QED) is 0.0783. The number of esters is 1. The van der Waals surface area contributed by atoms with Gasteiger partial charge >= 0.3 is 5.97 Å². The van der Waals surface area contributed by atoms with Crippen molar-refractivity contribution in [2.75, 3.05) is 0 Å². The summed E-state index contributed by atoms with van der Waals surface area (Å²) in [5, 5.41) is 0. The van der Waals surface area contributed by atoms with E-state index in [-0.39, 0.29) is 11.3 Å². The number of nitrogens with zero attached hydrogens (tertiary/aromatic N) is 2. The van der Waals surface area contributed by atoms with E-state index in [9.17, 15) is 9.18 Å². The van der Waals surface area contributed by atoms with Crippen molar-refractivity contribution >= 4 is 5.97 Å². The van der Waals surface area contributed by atoms with Gasteiger partial charge in [0.05, 0.1) is 11.1 Å². The van der Waals surface area contributed by atoms with Crippen LogP contribution in [0, 0.1) is 5.82 Å². The third kappa shape index (κ3) is 12.1. The number of hydrogen-bond donors (Lipinski definition) is 0. The van der Waals surface area contributed by atoms with Crippen molar-refractivity contribution in [3.8, 4) is 17.1 Å². The summed E-state index contributed by atoms with van der Waals surface area (Å²) >= 11 is 0. The normalized spacial score (nSPS) is 11.1. The monoisotopic (exact) mass is 560 g/mol. The summed E-state index contributed by atoms with van der Waals surface area (Å²) < 4.78 is 20.4. The van der Waals surface area contributed by atoms with Crippen LogP contribution < -0.4 is 4.74 Å². The molecular weight excluding hydrogens is 511 g/mol. The molecule has 0 unspecified atom stereocenters. The highest BCUT2D eigenvalue weighted by Gasteiger charge is 2.13. The summed E-state index contributed by atoms with van der Waals surface area (Å²) in [5.41, 5.74) is 3.03. The second-order valence-corrected chi connectivity index (χ2v) is 11.2. The zero-order valence-electron chi connectivity index (χ0n) is 25.3. The SMILES string of the molecule is CCCCCCCCCCc1cnc(-c2ccc(OC(=O)c3ccc(CCCCCCCCC)cc3)cc2F)nc1. The van der Waals surface area contributed by atoms with Gasteiger partial charge < -0.3 is 4.74 Å². The van der Waals surface area contributed by atoms with Gasteiger partial charge in [-0.05, 0) is 61.1 Å². The number of carbonyl (C=O) groups is 1. The summed E-state index contributed by atoms with van der Waals surface area (Å²) in [6.07, 6.45) is 24.7. The molecule has 0 spiro atoms. The smallest absolute Gasteiger partial charge is 0.343 e. The average molecular weight is 561 g/mol. The van der Waals surface area contributed by atoms with E-state index >= 15 is 0 Å². The van der Waals surface area contributed by atoms with Crippen LogP contribution in [0.3, 0.4) is 0 Å². The number of aryl methyl sites for hydroxylation is 2. The molecule has 0 aliphatic rings. The van der Waals surface area contributed by atoms with E-state index in [0.717, 1.165) is 31.2 Å². The maximum atomic E-state index is 14.9. The number of unbranched alkanes of at least 4 members (excludes halogenated alkanes) is 13. The predicted octanol–water partition coefficient (Wildman–Crippen LogP) is 10.5. The second-order valence-electron chi connectivity index (χ2n) is 11.2. The Balaban J connectivity index is 1.42. The zero-order valence-corrected chi connectivity index (χ0v) is 25.3. The molecular formula is C36H49FN2O2. The van der Waals surface area contributed by atoms with Crippen LogP contribution in [0.4, 0.5) is 4.39 Å². The number of halogens is 1. The highest BCUT2D eigenvalue weighted by molar-refractivity contribution is 5.91. The van der Waals surface area contributed by atoms with E-state index in [2.05, 4.69) is 23.8 Å². The minimum Gasteiger partial charge on any atom is -0.423 e. The van der Waals surface area contributed by atoms with Gasteiger partial charge in [-0.2, -0.15) is 0 Å². The lowest BCUT2D eigenvalue weighted by Gasteiger charge is -2.08. The van der Waals surface area contributed by atoms with Crippen molar-refractivity contribution in [1.82, 2.24) is 9.97 Å². The van der Waals surface area contributed by atoms with Crippen LogP contribution in [0.2, 0.25) is 0 Å². The fourth-order valence-electron chi connectivity index (χ4n) is 5.09. The number of aromatic nitrogens is 2. The lowest BCUT2D eigenvalue weighted by Crippen LogP contribution is -2.09.